The number of aliphatic hydroxyl groups excluding tert-OH is 1. The van der Waals surface area contributed by atoms with E-state index in [0.717, 1.165) is 11.1 Å². The van der Waals surface area contributed by atoms with Crippen molar-refractivity contribution in [2.45, 2.75) is 45.3 Å². The zero-order valence-electron chi connectivity index (χ0n) is 19.4. The Labute approximate surface area is 199 Å². The fourth-order valence-corrected chi connectivity index (χ4v) is 3.24. The zero-order chi connectivity index (χ0) is 24.4. The lowest BCUT2D eigenvalue weighted by atomic mass is 9.78. The molecule has 0 radical (unpaired) electrons. The summed E-state index contributed by atoms with van der Waals surface area (Å²) in [5.74, 6) is 0.600. The molecular formula is C25H31ClO7. The third-order valence-corrected chi connectivity index (χ3v) is 5.36. The molecule has 1 N–H and O–H groups in total. The minimum atomic E-state index is -0.889. The van der Waals surface area contributed by atoms with Gasteiger partial charge < -0.3 is 24.1 Å². The molecule has 2 atom stereocenters. The van der Waals surface area contributed by atoms with E-state index in [9.17, 15) is 14.7 Å². The van der Waals surface area contributed by atoms with Crippen LogP contribution in [0.2, 0.25) is 0 Å². The Morgan fingerprint density at radius 2 is 1.33 bits per heavy atom. The van der Waals surface area contributed by atoms with Gasteiger partial charge in [0.15, 0.2) is 0 Å². The molecule has 7 nitrogen and oxygen atoms in total. The van der Waals surface area contributed by atoms with Crippen LogP contribution in [-0.4, -0.2) is 55.0 Å². The molecule has 0 aliphatic heterocycles. The van der Waals surface area contributed by atoms with E-state index in [0.29, 0.717) is 11.5 Å². The van der Waals surface area contributed by atoms with Gasteiger partial charge in [0.05, 0.1) is 5.88 Å². The van der Waals surface area contributed by atoms with E-state index >= 15 is 0 Å². The van der Waals surface area contributed by atoms with Gasteiger partial charge in [0, 0.05) is 19.3 Å². The number of esters is 2. The molecule has 0 heterocycles. The second-order valence-electron chi connectivity index (χ2n) is 8.14. The molecule has 0 fully saturated rings. The summed E-state index contributed by atoms with van der Waals surface area (Å²) in [6.07, 6.45) is -1.39. The normalized spacial score (nSPS) is 13.0. The van der Waals surface area contributed by atoms with Crippen molar-refractivity contribution in [2.24, 2.45) is 0 Å². The van der Waals surface area contributed by atoms with E-state index in [2.05, 4.69) is 13.8 Å². The van der Waals surface area contributed by atoms with Crippen LogP contribution in [0.3, 0.4) is 0 Å². The lowest BCUT2D eigenvalue weighted by Crippen LogP contribution is -2.25. The Morgan fingerprint density at radius 1 is 0.848 bits per heavy atom. The second-order valence-corrected chi connectivity index (χ2v) is 8.45. The molecule has 0 aliphatic carbocycles. The average Bonchev–Trinajstić information content (AvgIpc) is 2.79. The van der Waals surface area contributed by atoms with Crippen LogP contribution < -0.4 is 9.47 Å². The summed E-state index contributed by atoms with van der Waals surface area (Å²) in [6.45, 7) is 6.97. The van der Waals surface area contributed by atoms with Crippen LogP contribution in [0.1, 0.15) is 38.8 Å². The van der Waals surface area contributed by atoms with Crippen molar-refractivity contribution in [1.29, 1.82) is 0 Å². The largest absolute Gasteiger partial charge is 0.491 e. The predicted octanol–water partition coefficient (Wildman–Crippen LogP) is 3.86. The number of alkyl halides is 1. The summed E-state index contributed by atoms with van der Waals surface area (Å²) in [5.41, 5.74) is 1.90. The highest BCUT2D eigenvalue weighted by molar-refractivity contribution is 6.18. The highest BCUT2D eigenvalue weighted by atomic mass is 35.5. The number of hydrogen-bond donors (Lipinski definition) is 1. The number of ether oxygens (including phenoxy) is 4. The first kappa shape index (κ1) is 26.5. The van der Waals surface area contributed by atoms with Gasteiger partial charge in [0.2, 0.25) is 0 Å². The van der Waals surface area contributed by atoms with Crippen molar-refractivity contribution in [3.05, 3.63) is 59.7 Å². The fourth-order valence-electron chi connectivity index (χ4n) is 3.09. The van der Waals surface area contributed by atoms with Crippen LogP contribution in [0.15, 0.2) is 48.5 Å². The topological polar surface area (TPSA) is 91.3 Å². The first-order chi connectivity index (χ1) is 15.6. The maximum Gasteiger partial charge on any atom is 0.303 e. The number of carbonyl (C=O) groups excluding carboxylic acids is 2. The summed E-state index contributed by atoms with van der Waals surface area (Å²) in [4.78, 5) is 21.9. The Balaban J connectivity index is 1.95. The van der Waals surface area contributed by atoms with Crippen LogP contribution in [0.5, 0.6) is 11.5 Å². The molecule has 0 saturated carbocycles. The number of benzene rings is 2. The molecular weight excluding hydrogens is 448 g/mol. The summed E-state index contributed by atoms with van der Waals surface area (Å²) in [7, 11) is 0. The number of rotatable bonds is 12. The Bertz CT molecular complexity index is 894. The second kappa shape index (κ2) is 12.5. The van der Waals surface area contributed by atoms with Gasteiger partial charge in [-0.2, -0.15) is 0 Å². The third kappa shape index (κ3) is 8.59. The molecule has 0 spiro atoms. The standard InChI is InChI=1S/C25H31ClO7/c1-17(27)30-14-21(29)15-31-22-9-5-19(6-10-22)25(3,4)20-7-11-23(12-8-20)32-16-24(13-26)33-18(2)28/h5-12,21,24,29H,13-16H2,1-4H3/t21-,24-/m1/s1. The van der Waals surface area contributed by atoms with E-state index in [1.807, 2.05) is 48.5 Å². The number of hydrogen-bond acceptors (Lipinski definition) is 7. The maximum atomic E-state index is 11.1. The molecule has 33 heavy (non-hydrogen) atoms. The van der Waals surface area contributed by atoms with E-state index < -0.39 is 24.1 Å². The zero-order valence-corrected chi connectivity index (χ0v) is 20.1. The van der Waals surface area contributed by atoms with Crippen molar-refractivity contribution in [2.75, 3.05) is 25.7 Å². The monoisotopic (exact) mass is 478 g/mol. The average molecular weight is 479 g/mol. The van der Waals surface area contributed by atoms with Crippen molar-refractivity contribution in [3.63, 3.8) is 0 Å². The first-order valence-electron chi connectivity index (χ1n) is 10.6. The molecule has 0 aliphatic rings. The van der Waals surface area contributed by atoms with Crippen LogP contribution in [-0.2, 0) is 24.5 Å². The quantitative estimate of drug-likeness (QED) is 0.366. The van der Waals surface area contributed by atoms with Crippen molar-refractivity contribution >= 4 is 23.5 Å². The molecule has 0 bridgehead atoms. The molecule has 2 rings (SSSR count). The van der Waals surface area contributed by atoms with Crippen LogP contribution >= 0.6 is 11.6 Å². The Morgan fingerprint density at radius 3 is 1.76 bits per heavy atom. The number of halogens is 1. The van der Waals surface area contributed by atoms with Gasteiger partial charge in [-0.15, -0.1) is 11.6 Å². The fraction of sp³-hybridized carbons (Fsp3) is 0.440. The third-order valence-electron chi connectivity index (χ3n) is 5.01. The molecule has 2 aromatic rings. The number of aliphatic hydroxyl groups is 1. The van der Waals surface area contributed by atoms with E-state index in [1.54, 1.807) is 0 Å². The molecule has 8 heteroatoms. The molecule has 0 saturated heterocycles. The van der Waals surface area contributed by atoms with Gasteiger partial charge in [-0.1, -0.05) is 38.1 Å². The van der Waals surface area contributed by atoms with E-state index in [-0.39, 0.29) is 31.1 Å². The molecule has 0 aromatic heterocycles. The van der Waals surface area contributed by atoms with E-state index in [4.69, 9.17) is 30.5 Å². The van der Waals surface area contributed by atoms with Gasteiger partial charge in [0.25, 0.3) is 0 Å². The van der Waals surface area contributed by atoms with Crippen molar-refractivity contribution in [1.82, 2.24) is 0 Å². The summed E-state index contributed by atoms with van der Waals surface area (Å²) in [6, 6.07) is 15.4. The summed E-state index contributed by atoms with van der Waals surface area (Å²) >= 11 is 5.81. The summed E-state index contributed by atoms with van der Waals surface area (Å²) in [5, 5.41) is 9.79. The van der Waals surface area contributed by atoms with Crippen LogP contribution in [0.4, 0.5) is 0 Å². The van der Waals surface area contributed by atoms with E-state index in [1.165, 1.54) is 13.8 Å². The molecule has 2 aromatic carbocycles. The maximum absolute atomic E-state index is 11.1. The molecule has 0 amide bonds. The van der Waals surface area contributed by atoms with Gasteiger partial charge in [0.1, 0.15) is 43.5 Å². The summed E-state index contributed by atoms with van der Waals surface area (Å²) < 4.78 is 21.1. The van der Waals surface area contributed by atoms with Crippen molar-refractivity contribution in [3.8, 4) is 11.5 Å². The highest BCUT2D eigenvalue weighted by Crippen LogP contribution is 2.33. The lowest BCUT2D eigenvalue weighted by molar-refractivity contribution is -0.146. The first-order valence-corrected chi connectivity index (χ1v) is 11.2. The van der Waals surface area contributed by atoms with Crippen LogP contribution in [0.25, 0.3) is 0 Å². The predicted molar refractivity (Wildman–Crippen MR) is 125 cm³/mol. The van der Waals surface area contributed by atoms with Gasteiger partial charge in [-0.3, -0.25) is 9.59 Å². The molecule has 0 unspecified atom stereocenters. The van der Waals surface area contributed by atoms with Crippen molar-refractivity contribution < 1.29 is 33.6 Å². The van der Waals surface area contributed by atoms with Crippen LogP contribution in [0, 0.1) is 0 Å². The number of carbonyl (C=O) groups is 2. The minimum absolute atomic E-state index is 0.0273. The Hall–Kier alpha value is -2.77. The van der Waals surface area contributed by atoms with Gasteiger partial charge >= 0.3 is 11.9 Å². The highest BCUT2D eigenvalue weighted by Gasteiger charge is 2.23. The lowest BCUT2D eigenvalue weighted by Gasteiger charge is -2.26. The smallest absolute Gasteiger partial charge is 0.303 e. The SMILES string of the molecule is CC(=O)OC[C@@H](O)COc1ccc(C(C)(C)c2ccc(OC[C@@H](CCl)OC(C)=O)cc2)cc1. The Kier molecular flexibility index (Phi) is 10.0. The van der Waals surface area contributed by atoms with Gasteiger partial charge in [-0.25, -0.2) is 0 Å². The van der Waals surface area contributed by atoms with Gasteiger partial charge in [-0.05, 0) is 35.4 Å². The minimum Gasteiger partial charge on any atom is -0.491 e. The molecule has 180 valence electrons.